The number of nitrogens with one attached hydrogen (secondary N) is 2. The molecule has 1 aromatic heterocycles. The van der Waals surface area contributed by atoms with E-state index in [1.165, 1.54) is 12.8 Å². The van der Waals surface area contributed by atoms with Crippen molar-refractivity contribution in [1.82, 2.24) is 20.2 Å². The molecule has 3 fully saturated rings. The molecule has 0 unspecified atom stereocenters. The van der Waals surface area contributed by atoms with Gasteiger partial charge in [0.05, 0.1) is 5.41 Å². The van der Waals surface area contributed by atoms with Crippen molar-refractivity contribution in [2.24, 2.45) is 17.3 Å². The van der Waals surface area contributed by atoms with E-state index < -0.39 is 5.41 Å². The molecule has 1 aliphatic carbocycles. The third-order valence-corrected chi connectivity index (χ3v) is 7.31. The van der Waals surface area contributed by atoms with Crippen LogP contribution in [-0.4, -0.2) is 59.5 Å². The molecule has 8 nitrogen and oxygen atoms in total. The highest BCUT2D eigenvalue weighted by molar-refractivity contribution is 5.90. The zero-order chi connectivity index (χ0) is 22.8. The Kier molecular flexibility index (Phi) is 5.91. The van der Waals surface area contributed by atoms with Gasteiger partial charge in [-0.1, -0.05) is 17.7 Å². The molecule has 1 saturated carbocycles. The van der Waals surface area contributed by atoms with Crippen LogP contribution in [0.25, 0.3) is 0 Å². The van der Waals surface area contributed by atoms with Crippen LogP contribution in [0.5, 0.6) is 0 Å². The Morgan fingerprint density at radius 2 is 1.88 bits per heavy atom. The van der Waals surface area contributed by atoms with Crippen molar-refractivity contribution in [2.75, 3.05) is 42.9 Å². The highest BCUT2D eigenvalue weighted by atomic mass is 16.2. The van der Waals surface area contributed by atoms with Crippen LogP contribution in [0.4, 0.5) is 16.4 Å². The summed E-state index contributed by atoms with van der Waals surface area (Å²) in [4.78, 5) is 39.5. The largest absolute Gasteiger partial charge is 0.355 e. The van der Waals surface area contributed by atoms with E-state index in [0.29, 0.717) is 38.0 Å². The van der Waals surface area contributed by atoms with E-state index >= 15 is 0 Å². The van der Waals surface area contributed by atoms with Crippen molar-refractivity contribution in [3.63, 3.8) is 0 Å². The van der Waals surface area contributed by atoms with Gasteiger partial charge in [0.1, 0.15) is 0 Å². The number of hydrogen-bond acceptors (Lipinski definition) is 5. The summed E-state index contributed by atoms with van der Waals surface area (Å²) in [7, 11) is 0. The summed E-state index contributed by atoms with van der Waals surface area (Å²) in [6.07, 6.45) is 7.42. The smallest absolute Gasteiger partial charge is 0.321 e. The maximum Gasteiger partial charge on any atom is 0.321 e. The topological polar surface area (TPSA) is 90.5 Å². The Hall–Kier alpha value is -3.16. The van der Waals surface area contributed by atoms with Gasteiger partial charge in [0.2, 0.25) is 11.9 Å². The molecule has 3 aliphatic rings. The fourth-order valence-corrected chi connectivity index (χ4v) is 5.17. The number of aryl methyl sites for hydroxylation is 1. The van der Waals surface area contributed by atoms with E-state index in [-0.39, 0.29) is 17.9 Å². The number of aromatic nitrogens is 2. The van der Waals surface area contributed by atoms with Gasteiger partial charge < -0.3 is 20.4 Å². The molecule has 1 aromatic carbocycles. The van der Waals surface area contributed by atoms with Gasteiger partial charge in [0, 0.05) is 56.7 Å². The van der Waals surface area contributed by atoms with Gasteiger partial charge in [-0.2, -0.15) is 0 Å². The van der Waals surface area contributed by atoms with E-state index in [2.05, 4.69) is 25.5 Å². The average molecular weight is 449 g/mol. The molecule has 2 saturated heterocycles. The predicted molar refractivity (Wildman–Crippen MR) is 127 cm³/mol. The zero-order valence-electron chi connectivity index (χ0n) is 19.2. The summed E-state index contributed by atoms with van der Waals surface area (Å²) < 4.78 is 0. The normalized spacial score (nSPS) is 24.7. The molecule has 33 heavy (non-hydrogen) atoms. The van der Waals surface area contributed by atoms with Crippen molar-refractivity contribution in [3.8, 4) is 0 Å². The lowest BCUT2D eigenvalue weighted by Gasteiger charge is -2.32. The molecule has 0 bridgehead atoms. The first-order chi connectivity index (χ1) is 16.0. The van der Waals surface area contributed by atoms with Crippen LogP contribution >= 0.6 is 0 Å². The van der Waals surface area contributed by atoms with Gasteiger partial charge in [-0.3, -0.25) is 4.79 Å². The molecular formula is C25H32N6O2. The summed E-state index contributed by atoms with van der Waals surface area (Å²) in [6, 6.07) is 9.51. The second-order valence-electron chi connectivity index (χ2n) is 9.78. The molecule has 2 aliphatic heterocycles. The fourth-order valence-electron chi connectivity index (χ4n) is 5.17. The maximum absolute atomic E-state index is 13.6. The minimum Gasteiger partial charge on any atom is -0.355 e. The van der Waals surface area contributed by atoms with Crippen molar-refractivity contribution in [3.05, 3.63) is 48.3 Å². The summed E-state index contributed by atoms with van der Waals surface area (Å²) >= 11 is 0. The predicted octanol–water partition coefficient (Wildman–Crippen LogP) is 3.06. The second kappa shape index (κ2) is 9.00. The molecule has 174 valence electrons. The van der Waals surface area contributed by atoms with E-state index in [4.69, 9.17) is 0 Å². The molecular weight excluding hydrogens is 416 g/mol. The summed E-state index contributed by atoms with van der Waals surface area (Å²) in [6.45, 7) is 5.22. The van der Waals surface area contributed by atoms with Crippen molar-refractivity contribution in [2.45, 2.75) is 32.6 Å². The number of urea groups is 1. The summed E-state index contributed by atoms with van der Waals surface area (Å²) in [5, 5.41) is 6.27. The summed E-state index contributed by atoms with van der Waals surface area (Å²) in [5.41, 5.74) is 1.40. The third-order valence-electron chi connectivity index (χ3n) is 7.31. The quantitative estimate of drug-likeness (QED) is 0.734. The Morgan fingerprint density at radius 1 is 1.12 bits per heavy atom. The van der Waals surface area contributed by atoms with Gasteiger partial charge in [-0.25, -0.2) is 14.8 Å². The molecule has 8 heteroatoms. The SMILES string of the molecule is Cc1ccc(NC(=O)N2CCC[C@@]3(C(=O)NCC4CC4)CN(c4ncccn4)C[C@H]3C2)cc1. The molecule has 0 spiro atoms. The first-order valence-corrected chi connectivity index (χ1v) is 12.0. The van der Waals surface area contributed by atoms with Crippen LogP contribution in [0.2, 0.25) is 0 Å². The highest BCUT2D eigenvalue weighted by Gasteiger charge is 2.54. The zero-order valence-corrected chi connectivity index (χ0v) is 19.2. The van der Waals surface area contributed by atoms with Crippen molar-refractivity contribution in [1.29, 1.82) is 0 Å². The number of fused-ring (bicyclic) bond motifs is 1. The average Bonchev–Trinajstić information content (AvgIpc) is 3.62. The van der Waals surface area contributed by atoms with Crippen LogP contribution in [-0.2, 0) is 4.79 Å². The highest BCUT2D eigenvalue weighted by Crippen LogP contribution is 2.44. The molecule has 2 N–H and O–H groups in total. The van der Waals surface area contributed by atoms with Gasteiger partial charge in [-0.05, 0) is 56.7 Å². The second-order valence-corrected chi connectivity index (χ2v) is 9.78. The molecule has 5 rings (SSSR count). The van der Waals surface area contributed by atoms with Crippen LogP contribution in [0.15, 0.2) is 42.7 Å². The number of carbonyl (C=O) groups excluding carboxylic acids is 2. The molecule has 2 aromatic rings. The number of anilines is 2. The maximum atomic E-state index is 13.6. The number of benzene rings is 1. The first-order valence-electron chi connectivity index (χ1n) is 12.0. The van der Waals surface area contributed by atoms with E-state index in [1.54, 1.807) is 18.5 Å². The number of nitrogens with zero attached hydrogens (tertiary/aromatic N) is 4. The molecule has 3 heterocycles. The number of amides is 3. The van der Waals surface area contributed by atoms with Crippen molar-refractivity contribution >= 4 is 23.6 Å². The van der Waals surface area contributed by atoms with E-state index in [1.807, 2.05) is 36.1 Å². The Morgan fingerprint density at radius 3 is 2.61 bits per heavy atom. The van der Waals surface area contributed by atoms with Crippen LogP contribution in [0.1, 0.15) is 31.2 Å². The number of likely N-dealkylation sites (tertiary alicyclic amines) is 1. The van der Waals surface area contributed by atoms with Gasteiger partial charge >= 0.3 is 6.03 Å². The van der Waals surface area contributed by atoms with E-state index in [0.717, 1.165) is 30.6 Å². The van der Waals surface area contributed by atoms with Gasteiger partial charge in [-0.15, -0.1) is 0 Å². The lowest BCUT2D eigenvalue weighted by atomic mass is 9.74. The number of hydrogen-bond donors (Lipinski definition) is 2. The lowest BCUT2D eigenvalue weighted by molar-refractivity contribution is -0.132. The van der Waals surface area contributed by atoms with Crippen LogP contribution < -0.4 is 15.5 Å². The minimum absolute atomic E-state index is 0.0202. The molecule has 3 amide bonds. The monoisotopic (exact) mass is 448 g/mol. The Bertz CT molecular complexity index is 994. The van der Waals surface area contributed by atoms with Crippen LogP contribution in [0, 0.1) is 24.2 Å². The van der Waals surface area contributed by atoms with Gasteiger partial charge in [0.15, 0.2) is 0 Å². The minimum atomic E-state index is -0.535. The number of carbonyl (C=O) groups is 2. The molecule has 2 atom stereocenters. The molecule has 0 radical (unpaired) electrons. The number of rotatable bonds is 5. The lowest BCUT2D eigenvalue weighted by Crippen LogP contribution is -2.49. The van der Waals surface area contributed by atoms with E-state index in [9.17, 15) is 9.59 Å². The fraction of sp³-hybridized carbons (Fsp3) is 0.520. The standard InChI is InChI=1S/C25H32N6O2/c1-18-4-8-21(9-5-18)29-24(33)30-13-2-10-25(22(32)28-14-19-6-7-19)17-31(16-20(25)15-30)23-26-11-3-12-27-23/h3-5,8-9,11-12,19-20H,2,6-7,10,13-17H2,1H3,(H,28,32)(H,29,33)/t20-,25-/m1/s1. The Balaban J connectivity index is 1.35. The van der Waals surface area contributed by atoms with Gasteiger partial charge in [0.25, 0.3) is 0 Å². The summed E-state index contributed by atoms with van der Waals surface area (Å²) in [5.74, 6) is 1.42. The van der Waals surface area contributed by atoms with Crippen LogP contribution in [0.3, 0.4) is 0 Å². The third kappa shape index (κ3) is 4.65. The Labute approximate surface area is 194 Å². The van der Waals surface area contributed by atoms with Crippen molar-refractivity contribution < 1.29 is 9.59 Å². The first kappa shape index (κ1) is 21.7.